The Morgan fingerprint density at radius 1 is 0.682 bits per heavy atom. The lowest BCUT2D eigenvalue weighted by molar-refractivity contribution is -0.141. The normalized spacial score (nSPS) is 11.7. The van der Waals surface area contributed by atoms with Crippen molar-refractivity contribution in [2.24, 2.45) is 10.3 Å². The zero-order valence-corrected chi connectivity index (χ0v) is 25.3. The summed E-state index contributed by atoms with van der Waals surface area (Å²) in [5, 5.41) is 9.78. The van der Waals surface area contributed by atoms with Gasteiger partial charge in [0.25, 0.3) is 0 Å². The van der Waals surface area contributed by atoms with Crippen molar-refractivity contribution in [1.82, 2.24) is 4.98 Å². The lowest BCUT2D eigenvalue weighted by Crippen LogP contribution is -2.11. The monoisotopic (exact) mass is 604 g/mol. The highest BCUT2D eigenvalue weighted by atomic mass is 32.1. The Balaban J connectivity index is 1.59. The zero-order chi connectivity index (χ0) is 31.2. The molecule has 0 spiro atoms. The second-order valence-electron chi connectivity index (χ2n) is 9.80. The summed E-state index contributed by atoms with van der Waals surface area (Å²) in [6, 6.07) is 26.2. The number of aromatic nitrogens is 1. The van der Waals surface area contributed by atoms with Gasteiger partial charge in [-0.3, -0.25) is 9.78 Å². The second kappa shape index (κ2) is 13.2. The van der Waals surface area contributed by atoms with Crippen LogP contribution in [-0.2, 0) is 19.3 Å². The molecule has 44 heavy (non-hydrogen) atoms. The van der Waals surface area contributed by atoms with Crippen molar-refractivity contribution < 1.29 is 24.1 Å². The third-order valence-corrected chi connectivity index (χ3v) is 7.65. The minimum Gasteiger partial charge on any atom is -0.318 e. The summed E-state index contributed by atoms with van der Waals surface area (Å²) in [6.45, 7) is 6.12. The topological polar surface area (TPSA) is 111 Å². The van der Waals surface area contributed by atoms with Crippen molar-refractivity contribution in [3.05, 3.63) is 119 Å². The fourth-order valence-electron chi connectivity index (χ4n) is 4.52. The molecule has 0 radical (unpaired) electrons. The van der Waals surface area contributed by atoms with Gasteiger partial charge in [-0.1, -0.05) is 52.8 Å². The maximum atomic E-state index is 13.1. The number of hydrogen-bond donors (Lipinski definition) is 0. The number of fused-ring (bicyclic) bond motifs is 1. The number of benzene rings is 3. The van der Waals surface area contributed by atoms with Gasteiger partial charge in [-0.2, -0.15) is 0 Å². The van der Waals surface area contributed by atoms with Crippen molar-refractivity contribution in [2.45, 2.75) is 27.7 Å². The van der Waals surface area contributed by atoms with Gasteiger partial charge >= 0.3 is 11.9 Å². The van der Waals surface area contributed by atoms with Gasteiger partial charge in [0.05, 0.1) is 27.3 Å². The predicted molar refractivity (Wildman–Crippen MR) is 172 cm³/mol. The summed E-state index contributed by atoms with van der Waals surface area (Å²) >= 11 is 1.50. The Hall–Kier alpha value is -5.48. The molecular weight excluding hydrogens is 576 g/mol. The Morgan fingerprint density at radius 2 is 1.23 bits per heavy atom. The van der Waals surface area contributed by atoms with Crippen LogP contribution in [0.1, 0.15) is 54.7 Å². The van der Waals surface area contributed by atoms with Crippen LogP contribution >= 0.6 is 11.3 Å². The molecule has 5 aromatic rings. The molecule has 0 saturated heterocycles. The van der Waals surface area contributed by atoms with E-state index < -0.39 is 11.9 Å². The van der Waals surface area contributed by atoms with E-state index in [1.165, 1.54) is 25.2 Å². The molecule has 10 heteroatoms. The number of carbonyl (C=O) groups excluding carboxylic acids is 3. The number of carbonyl (C=O) groups is 3. The van der Waals surface area contributed by atoms with Gasteiger partial charge in [0, 0.05) is 53.5 Å². The Kier molecular flexibility index (Phi) is 9.01. The van der Waals surface area contributed by atoms with Crippen LogP contribution in [0.15, 0.2) is 107 Å². The van der Waals surface area contributed by atoms with Gasteiger partial charge in [-0.05, 0) is 61.9 Å². The SMILES string of the molecule is CC(=O)O/N=C(/C)c1ccc(N(c2ccc(C(=O)c3ccccc3)cc2)c2ccnc3c(/C(C)=N\OC(C)=O)csc23)cc1. The number of oxime groups is 2. The summed E-state index contributed by atoms with van der Waals surface area (Å²) in [5.41, 5.74) is 7.03. The first-order chi connectivity index (χ1) is 21.2. The summed E-state index contributed by atoms with van der Waals surface area (Å²) in [6.07, 6.45) is 1.72. The minimum absolute atomic E-state index is 0.0627. The van der Waals surface area contributed by atoms with E-state index >= 15 is 0 Å². The van der Waals surface area contributed by atoms with E-state index in [9.17, 15) is 14.4 Å². The lowest BCUT2D eigenvalue weighted by Gasteiger charge is -2.26. The van der Waals surface area contributed by atoms with E-state index in [1.54, 1.807) is 32.2 Å². The largest absolute Gasteiger partial charge is 0.331 e. The Morgan fingerprint density at radius 3 is 1.82 bits per heavy atom. The van der Waals surface area contributed by atoms with Crippen LogP contribution in [0.3, 0.4) is 0 Å². The average Bonchev–Trinajstić information content (AvgIpc) is 3.48. The summed E-state index contributed by atoms with van der Waals surface area (Å²) in [7, 11) is 0. The van der Waals surface area contributed by atoms with E-state index in [1.807, 2.05) is 78.2 Å². The number of thiophene rings is 1. The zero-order valence-electron chi connectivity index (χ0n) is 24.5. The van der Waals surface area contributed by atoms with Crippen LogP contribution in [0.4, 0.5) is 17.1 Å². The molecule has 0 atom stereocenters. The summed E-state index contributed by atoms with van der Waals surface area (Å²) in [5.74, 6) is -1.06. The van der Waals surface area contributed by atoms with E-state index in [0.29, 0.717) is 28.1 Å². The third kappa shape index (κ3) is 6.61. The number of nitrogens with zero attached hydrogens (tertiary/aromatic N) is 4. The molecule has 0 aliphatic heterocycles. The molecule has 0 unspecified atom stereocenters. The van der Waals surface area contributed by atoms with Gasteiger partial charge in [-0.15, -0.1) is 11.3 Å². The molecule has 9 nitrogen and oxygen atoms in total. The maximum Gasteiger partial charge on any atom is 0.331 e. The molecule has 0 aliphatic carbocycles. The quantitative estimate of drug-likeness (QED) is 0.0738. The minimum atomic E-state index is -0.505. The fraction of sp³-hybridized carbons (Fsp3) is 0.118. The van der Waals surface area contributed by atoms with E-state index in [4.69, 9.17) is 9.68 Å². The van der Waals surface area contributed by atoms with Crippen LogP contribution in [0, 0.1) is 0 Å². The molecular formula is C34H28N4O5S. The van der Waals surface area contributed by atoms with Crippen molar-refractivity contribution in [2.75, 3.05) is 4.90 Å². The molecule has 0 fully saturated rings. The van der Waals surface area contributed by atoms with Crippen LogP contribution in [0.5, 0.6) is 0 Å². The van der Waals surface area contributed by atoms with Crippen molar-refractivity contribution in [3.8, 4) is 0 Å². The van der Waals surface area contributed by atoms with Crippen LogP contribution in [0.25, 0.3) is 10.2 Å². The Labute approximate surface area is 258 Å². The number of rotatable bonds is 9. The first-order valence-electron chi connectivity index (χ1n) is 13.6. The van der Waals surface area contributed by atoms with Gasteiger partial charge in [0.15, 0.2) is 5.78 Å². The van der Waals surface area contributed by atoms with Crippen molar-refractivity contribution in [3.63, 3.8) is 0 Å². The van der Waals surface area contributed by atoms with Crippen LogP contribution < -0.4 is 4.90 Å². The molecule has 0 amide bonds. The lowest BCUT2D eigenvalue weighted by atomic mass is 10.0. The number of anilines is 3. The van der Waals surface area contributed by atoms with E-state index in [-0.39, 0.29) is 5.78 Å². The highest BCUT2D eigenvalue weighted by Crippen LogP contribution is 2.41. The van der Waals surface area contributed by atoms with Crippen molar-refractivity contribution >= 4 is 67.8 Å². The van der Waals surface area contributed by atoms with E-state index in [2.05, 4.69) is 20.2 Å². The molecule has 3 aromatic carbocycles. The molecule has 5 rings (SSSR count). The van der Waals surface area contributed by atoms with Gasteiger partial charge in [-0.25, -0.2) is 9.59 Å². The molecule has 0 saturated carbocycles. The smallest absolute Gasteiger partial charge is 0.318 e. The molecule has 0 N–H and O–H groups in total. The number of pyridine rings is 1. The average molecular weight is 605 g/mol. The molecule has 2 aromatic heterocycles. The second-order valence-corrected chi connectivity index (χ2v) is 10.7. The van der Waals surface area contributed by atoms with Gasteiger partial charge in [0.1, 0.15) is 0 Å². The first kappa shape index (κ1) is 30.0. The highest BCUT2D eigenvalue weighted by molar-refractivity contribution is 7.18. The van der Waals surface area contributed by atoms with Crippen molar-refractivity contribution in [1.29, 1.82) is 0 Å². The third-order valence-electron chi connectivity index (χ3n) is 6.65. The number of ketones is 1. The number of hydrogen-bond acceptors (Lipinski definition) is 10. The fourth-order valence-corrected chi connectivity index (χ4v) is 5.59. The van der Waals surface area contributed by atoms with Crippen LogP contribution in [-0.4, -0.2) is 34.1 Å². The molecule has 2 heterocycles. The predicted octanol–water partition coefficient (Wildman–Crippen LogP) is 7.57. The Bertz CT molecular complexity index is 1900. The standard InChI is InChI=1S/C34H28N4O5S/c1-21(36-42-23(3)39)25-10-14-28(15-11-25)38(29-16-12-27(13-17-29)33(41)26-8-6-5-7-9-26)31-18-19-35-32-30(20-44-34(31)32)22(2)37-43-24(4)40/h5-20H,1-4H3/b36-21-,37-22-. The van der Waals surface area contributed by atoms with Crippen LogP contribution in [0.2, 0.25) is 0 Å². The molecule has 220 valence electrons. The summed E-state index contributed by atoms with van der Waals surface area (Å²) < 4.78 is 0.890. The maximum absolute atomic E-state index is 13.1. The van der Waals surface area contributed by atoms with E-state index in [0.717, 1.165) is 32.9 Å². The van der Waals surface area contributed by atoms with Gasteiger partial charge in [0.2, 0.25) is 0 Å². The summed E-state index contributed by atoms with van der Waals surface area (Å²) in [4.78, 5) is 52.0. The first-order valence-corrected chi connectivity index (χ1v) is 14.5. The highest BCUT2D eigenvalue weighted by Gasteiger charge is 2.20. The van der Waals surface area contributed by atoms with Gasteiger partial charge < -0.3 is 14.6 Å². The molecule has 0 aliphatic rings. The molecule has 0 bridgehead atoms.